The number of nitrogens with zero attached hydrogens (tertiary/aromatic N) is 1. The Morgan fingerprint density at radius 3 is 2.10 bits per heavy atom. The third-order valence-corrected chi connectivity index (χ3v) is 3.90. The lowest BCUT2D eigenvalue weighted by molar-refractivity contribution is 0.163. The quantitative estimate of drug-likeness (QED) is 0.517. The van der Waals surface area contributed by atoms with E-state index in [0.717, 1.165) is 18.4 Å². The van der Waals surface area contributed by atoms with E-state index in [4.69, 9.17) is 0 Å². The van der Waals surface area contributed by atoms with Crippen LogP contribution in [0.25, 0.3) is 0 Å². The van der Waals surface area contributed by atoms with E-state index in [1.165, 1.54) is 57.8 Å². The van der Waals surface area contributed by atoms with Crippen molar-refractivity contribution < 1.29 is 5.11 Å². The molecule has 0 fully saturated rings. The molecule has 2 nitrogen and oxygen atoms in total. The van der Waals surface area contributed by atoms with E-state index in [2.05, 4.69) is 11.9 Å². The fourth-order valence-corrected chi connectivity index (χ4v) is 2.56. The van der Waals surface area contributed by atoms with Crippen LogP contribution in [0.5, 0.6) is 0 Å². The summed E-state index contributed by atoms with van der Waals surface area (Å²) in [4.78, 5) is 4.05. The van der Waals surface area contributed by atoms with Crippen molar-refractivity contribution in [1.82, 2.24) is 4.98 Å². The summed E-state index contributed by atoms with van der Waals surface area (Å²) in [6.07, 6.45) is 17.4. The lowest BCUT2D eigenvalue weighted by Crippen LogP contribution is -1.97. The van der Waals surface area contributed by atoms with Crippen LogP contribution >= 0.6 is 0 Å². The van der Waals surface area contributed by atoms with Gasteiger partial charge in [0.1, 0.15) is 0 Å². The summed E-state index contributed by atoms with van der Waals surface area (Å²) >= 11 is 0. The van der Waals surface area contributed by atoms with Crippen LogP contribution in [-0.4, -0.2) is 10.1 Å². The minimum Gasteiger partial charge on any atom is -0.388 e. The standard InChI is InChI=1S/C18H31NO/c1-2-3-4-5-6-7-8-9-10-11-14-18(20)17-13-12-15-19-16-17/h12-13,15-16,18,20H,2-11,14H2,1H3. The van der Waals surface area contributed by atoms with Gasteiger partial charge >= 0.3 is 0 Å². The molecule has 1 unspecified atom stereocenters. The van der Waals surface area contributed by atoms with Gasteiger partial charge in [-0.15, -0.1) is 0 Å². The average Bonchev–Trinajstić information content (AvgIpc) is 2.50. The fourth-order valence-electron chi connectivity index (χ4n) is 2.56. The Kier molecular flexibility index (Phi) is 10.2. The third kappa shape index (κ3) is 8.31. The van der Waals surface area contributed by atoms with Crippen molar-refractivity contribution in [1.29, 1.82) is 0 Å². The van der Waals surface area contributed by atoms with Crippen molar-refractivity contribution in [3.63, 3.8) is 0 Å². The number of aromatic nitrogens is 1. The van der Waals surface area contributed by atoms with Gasteiger partial charge in [-0.05, 0) is 18.1 Å². The summed E-state index contributed by atoms with van der Waals surface area (Å²) in [7, 11) is 0. The average molecular weight is 277 g/mol. The van der Waals surface area contributed by atoms with E-state index >= 15 is 0 Å². The van der Waals surface area contributed by atoms with Crippen LogP contribution < -0.4 is 0 Å². The maximum absolute atomic E-state index is 10.0. The Morgan fingerprint density at radius 2 is 1.55 bits per heavy atom. The Hall–Kier alpha value is -0.890. The number of aliphatic hydroxyl groups excluding tert-OH is 1. The van der Waals surface area contributed by atoms with Crippen molar-refractivity contribution >= 4 is 0 Å². The van der Waals surface area contributed by atoms with E-state index in [1.807, 2.05) is 12.1 Å². The molecule has 114 valence electrons. The number of unbranched alkanes of at least 4 members (excludes halogenated alkanes) is 9. The van der Waals surface area contributed by atoms with Crippen LogP contribution in [-0.2, 0) is 0 Å². The van der Waals surface area contributed by atoms with E-state index in [-0.39, 0.29) is 6.10 Å². The monoisotopic (exact) mass is 277 g/mol. The topological polar surface area (TPSA) is 33.1 Å². The van der Waals surface area contributed by atoms with E-state index < -0.39 is 0 Å². The molecule has 1 heterocycles. The Morgan fingerprint density at radius 1 is 0.950 bits per heavy atom. The van der Waals surface area contributed by atoms with E-state index in [1.54, 1.807) is 12.4 Å². The smallest absolute Gasteiger partial charge is 0.0804 e. The van der Waals surface area contributed by atoms with Gasteiger partial charge in [0.2, 0.25) is 0 Å². The molecular weight excluding hydrogens is 246 g/mol. The highest BCUT2D eigenvalue weighted by Crippen LogP contribution is 2.19. The van der Waals surface area contributed by atoms with Gasteiger partial charge in [0, 0.05) is 12.4 Å². The van der Waals surface area contributed by atoms with Gasteiger partial charge in [-0.1, -0.05) is 77.2 Å². The number of pyridine rings is 1. The van der Waals surface area contributed by atoms with Crippen LogP contribution in [0.4, 0.5) is 0 Å². The minimum absolute atomic E-state index is 0.335. The van der Waals surface area contributed by atoms with Crippen LogP contribution in [0.2, 0.25) is 0 Å². The zero-order valence-electron chi connectivity index (χ0n) is 13.1. The lowest BCUT2D eigenvalue weighted by Gasteiger charge is -2.10. The SMILES string of the molecule is CCCCCCCCCCCCC(O)c1cccnc1. The molecule has 0 aromatic carbocycles. The van der Waals surface area contributed by atoms with Gasteiger partial charge in [-0.3, -0.25) is 4.98 Å². The third-order valence-electron chi connectivity index (χ3n) is 3.90. The summed E-state index contributed by atoms with van der Waals surface area (Å²) in [6, 6.07) is 3.84. The number of aliphatic hydroxyl groups is 1. The minimum atomic E-state index is -0.335. The normalized spacial score (nSPS) is 12.5. The highest BCUT2D eigenvalue weighted by atomic mass is 16.3. The van der Waals surface area contributed by atoms with Crippen LogP contribution in [0, 0.1) is 0 Å². The predicted molar refractivity (Wildman–Crippen MR) is 85.7 cm³/mol. The maximum atomic E-state index is 10.0. The number of hydrogen-bond acceptors (Lipinski definition) is 2. The molecule has 1 rings (SSSR count). The second-order valence-electron chi connectivity index (χ2n) is 5.77. The lowest BCUT2D eigenvalue weighted by atomic mass is 10.0. The zero-order valence-corrected chi connectivity index (χ0v) is 13.1. The van der Waals surface area contributed by atoms with Crippen LogP contribution in [0.3, 0.4) is 0 Å². The predicted octanol–water partition coefficient (Wildman–Crippen LogP) is 5.43. The Labute approximate surface area is 124 Å². The molecule has 2 heteroatoms. The van der Waals surface area contributed by atoms with Gasteiger partial charge < -0.3 is 5.11 Å². The largest absolute Gasteiger partial charge is 0.388 e. The first-order valence-electron chi connectivity index (χ1n) is 8.42. The summed E-state index contributed by atoms with van der Waals surface area (Å²) in [5, 5.41) is 10.0. The molecule has 0 bridgehead atoms. The molecule has 1 aromatic rings. The molecule has 20 heavy (non-hydrogen) atoms. The van der Waals surface area contributed by atoms with E-state index in [9.17, 15) is 5.11 Å². The first-order chi connectivity index (χ1) is 9.84. The molecule has 0 aliphatic heterocycles. The Balaban J connectivity index is 1.90. The Bertz CT molecular complexity index is 312. The molecule has 0 spiro atoms. The first-order valence-corrected chi connectivity index (χ1v) is 8.42. The molecule has 0 aliphatic carbocycles. The summed E-state index contributed by atoms with van der Waals surface area (Å²) in [5.74, 6) is 0. The number of rotatable bonds is 12. The second-order valence-corrected chi connectivity index (χ2v) is 5.77. The van der Waals surface area contributed by atoms with Crippen LogP contribution in [0.1, 0.15) is 89.2 Å². The molecule has 0 radical (unpaired) electrons. The molecule has 1 aromatic heterocycles. The number of hydrogen-bond donors (Lipinski definition) is 1. The van der Waals surface area contributed by atoms with Crippen LogP contribution in [0.15, 0.2) is 24.5 Å². The highest BCUT2D eigenvalue weighted by molar-refractivity contribution is 5.11. The molecule has 0 saturated heterocycles. The fraction of sp³-hybridized carbons (Fsp3) is 0.722. The molecule has 1 N–H and O–H groups in total. The van der Waals surface area contributed by atoms with Crippen molar-refractivity contribution in [3.05, 3.63) is 30.1 Å². The molecule has 1 atom stereocenters. The summed E-state index contributed by atoms with van der Waals surface area (Å²) < 4.78 is 0. The zero-order chi connectivity index (χ0) is 14.5. The first kappa shape index (κ1) is 17.2. The maximum Gasteiger partial charge on any atom is 0.0804 e. The van der Waals surface area contributed by atoms with Crippen molar-refractivity contribution in [2.24, 2.45) is 0 Å². The molecule has 0 amide bonds. The van der Waals surface area contributed by atoms with E-state index in [0.29, 0.717) is 0 Å². The van der Waals surface area contributed by atoms with Crippen molar-refractivity contribution in [3.8, 4) is 0 Å². The van der Waals surface area contributed by atoms with Crippen molar-refractivity contribution in [2.75, 3.05) is 0 Å². The molecule has 0 saturated carbocycles. The van der Waals surface area contributed by atoms with Gasteiger partial charge in [0.15, 0.2) is 0 Å². The van der Waals surface area contributed by atoms with Crippen molar-refractivity contribution in [2.45, 2.75) is 83.7 Å². The molecular formula is C18H31NO. The summed E-state index contributed by atoms with van der Waals surface area (Å²) in [6.45, 7) is 2.26. The van der Waals surface area contributed by atoms with Gasteiger partial charge in [-0.2, -0.15) is 0 Å². The molecule has 0 aliphatic rings. The summed E-state index contributed by atoms with van der Waals surface area (Å²) in [5.41, 5.74) is 0.948. The van der Waals surface area contributed by atoms with Gasteiger partial charge in [0.05, 0.1) is 6.10 Å². The highest BCUT2D eigenvalue weighted by Gasteiger charge is 2.06. The van der Waals surface area contributed by atoms with Gasteiger partial charge in [0.25, 0.3) is 0 Å². The van der Waals surface area contributed by atoms with Gasteiger partial charge in [-0.25, -0.2) is 0 Å². The second kappa shape index (κ2) is 11.9.